The molecule has 1 saturated heterocycles. The highest BCUT2D eigenvalue weighted by molar-refractivity contribution is 6.99. The number of H-pyrrole nitrogens is 1. The van der Waals surface area contributed by atoms with Crippen LogP contribution in [-0.4, -0.2) is 53.9 Å². The first kappa shape index (κ1) is 26.7. The van der Waals surface area contributed by atoms with E-state index >= 15 is 0 Å². The molecule has 2 aromatic carbocycles. The van der Waals surface area contributed by atoms with Crippen LogP contribution in [0.15, 0.2) is 82.5 Å². The number of esters is 1. The molecule has 37 heavy (non-hydrogen) atoms. The van der Waals surface area contributed by atoms with Gasteiger partial charge in [-0.25, -0.2) is 4.79 Å². The fourth-order valence-corrected chi connectivity index (χ4v) is 9.77. The van der Waals surface area contributed by atoms with Gasteiger partial charge in [-0.3, -0.25) is 19.1 Å². The van der Waals surface area contributed by atoms with Gasteiger partial charge in [0.25, 0.3) is 13.9 Å². The second-order valence-corrected chi connectivity index (χ2v) is 14.3. The molecule has 4 atom stereocenters. The fourth-order valence-electron chi connectivity index (χ4n) is 5.06. The van der Waals surface area contributed by atoms with Crippen molar-refractivity contribution in [2.24, 2.45) is 0 Å². The smallest absolute Gasteiger partial charge is 0.330 e. The van der Waals surface area contributed by atoms with Crippen LogP contribution in [0.3, 0.4) is 0 Å². The highest BCUT2D eigenvalue weighted by Gasteiger charge is 2.57. The van der Waals surface area contributed by atoms with E-state index < -0.39 is 61.7 Å². The van der Waals surface area contributed by atoms with Crippen molar-refractivity contribution < 1.29 is 23.8 Å². The minimum absolute atomic E-state index is 0.399. The predicted octanol–water partition coefficient (Wildman–Crippen LogP) is 1.30. The molecular weight excluding hydrogens is 492 g/mol. The van der Waals surface area contributed by atoms with Crippen molar-refractivity contribution >= 4 is 24.7 Å². The Morgan fingerprint density at radius 1 is 1.00 bits per heavy atom. The summed E-state index contributed by atoms with van der Waals surface area (Å²) in [6.45, 7) is 7.14. The molecule has 0 aliphatic carbocycles. The van der Waals surface area contributed by atoms with E-state index in [1.54, 1.807) is 0 Å². The van der Waals surface area contributed by atoms with Gasteiger partial charge in [-0.1, -0.05) is 81.4 Å². The van der Waals surface area contributed by atoms with E-state index in [1.807, 2.05) is 60.7 Å². The van der Waals surface area contributed by atoms with Crippen molar-refractivity contribution in [2.75, 3.05) is 6.61 Å². The van der Waals surface area contributed by atoms with Crippen LogP contribution in [0.25, 0.3) is 0 Å². The van der Waals surface area contributed by atoms with Crippen molar-refractivity contribution in [3.05, 3.63) is 93.8 Å². The Labute approximate surface area is 215 Å². The lowest BCUT2D eigenvalue weighted by molar-refractivity contribution is -0.155. The van der Waals surface area contributed by atoms with E-state index in [0.29, 0.717) is 0 Å². The number of carbonyl (C=O) groups is 1. The Morgan fingerprint density at radius 2 is 1.57 bits per heavy atom. The van der Waals surface area contributed by atoms with E-state index in [1.165, 1.54) is 19.2 Å². The van der Waals surface area contributed by atoms with Crippen LogP contribution in [-0.2, 0) is 18.7 Å². The summed E-state index contributed by atoms with van der Waals surface area (Å²) in [6.07, 6.45) is -2.73. The summed E-state index contributed by atoms with van der Waals surface area (Å²) < 4.78 is 20.1. The number of carbonyl (C=O) groups excluding carboxylic acids is 1. The van der Waals surface area contributed by atoms with Crippen molar-refractivity contribution in [2.45, 2.75) is 57.3 Å². The van der Waals surface area contributed by atoms with Crippen LogP contribution < -0.4 is 21.6 Å². The summed E-state index contributed by atoms with van der Waals surface area (Å²) in [7, 11) is -3.15. The molecule has 1 aliphatic heterocycles. The molecule has 10 heteroatoms. The SMILES string of the molecule is CC(=O)OC1C(O[Si](c2ccccc2)(c2ccccc2)C(C)(C)C)C(CO)OC1n1ccc(=O)[nH]c1=O. The number of benzene rings is 2. The Morgan fingerprint density at radius 3 is 2.03 bits per heavy atom. The first-order valence-corrected chi connectivity index (χ1v) is 14.0. The Bertz CT molecular complexity index is 1290. The maximum Gasteiger partial charge on any atom is 0.330 e. The summed E-state index contributed by atoms with van der Waals surface area (Å²) in [6, 6.07) is 21.0. The molecule has 0 radical (unpaired) electrons. The molecule has 1 aliphatic rings. The maximum absolute atomic E-state index is 12.6. The molecular formula is C27H32N2O7Si. The topological polar surface area (TPSA) is 120 Å². The maximum atomic E-state index is 12.6. The first-order valence-electron chi connectivity index (χ1n) is 12.1. The van der Waals surface area contributed by atoms with Gasteiger partial charge in [0, 0.05) is 19.2 Å². The average molecular weight is 525 g/mol. The van der Waals surface area contributed by atoms with Crippen LogP contribution in [0.5, 0.6) is 0 Å². The third-order valence-corrected chi connectivity index (χ3v) is 11.7. The van der Waals surface area contributed by atoms with Crippen LogP contribution >= 0.6 is 0 Å². The number of aromatic nitrogens is 2. The van der Waals surface area contributed by atoms with Gasteiger partial charge in [0.15, 0.2) is 12.3 Å². The van der Waals surface area contributed by atoms with E-state index in [9.17, 15) is 19.5 Å². The summed E-state index contributed by atoms with van der Waals surface area (Å²) >= 11 is 0. The third kappa shape index (κ3) is 5.10. The van der Waals surface area contributed by atoms with E-state index in [-0.39, 0.29) is 0 Å². The summed E-state index contributed by atoms with van der Waals surface area (Å²) in [5.74, 6) is -0.592. The summed E-state index contributed by atoms with van der Waals surface area (Å²) in [4.78, 5) is 38.7. The van der Waals surface area contributed by atoms with Crippen LogP contribution in [0.4, 0.5) is 0 Å². The lowest BCUT2D eigenvalue weighted by atomic mass is 10.1. The second kappa shape index (κ2) is 10.6. The van der Waals surface area contributed by atoms with Gasteiger partial charge in [-0.05, 0) is 15.4 Å². The molecule has 2 N–H and O–H groups in total. The number of hydrogen-bond acceptors (Lipinski definition) is 7. The third-order valence-electron chi connectivity index (χ3n) is 6.62. The summed E-state index contributed by atoms with van der Waals surface area (Å²) in [5, 5.41) is 11.9. The van der Waals surface area contributed by atoms with E-state index in [0.717, 1.165) is 14.9 Å². The molecule has 3 aromatic rings. The molecule has 0 spiro atoms. The number of nitrogens with one attached hydrogen (secondary N) is 1. The Balaban J connectivity index is 1.90. The van der Waals surface area contributed by atoms with Gasteiger partial charge in [-0.2, -0.15) is 0 Å². The van der Waals surface area contributed by atoms with Gasteiger partial charge in [-0.15, -0.1) is 0 Å². The second-order valence-electron chi connectivity index (χ2n) is 10.1. The van der Waals surface area contributed by atoms with Crippen LogP contribution in [0, 0.1) is 0 Å². The number of ether oxygens (including phenoxy) is 2. The number of aliphatic hydroxyl groups excluding tert-OH is 1. The first-order chi connectivity index (χ1) is 17.6. The molecule has 9 nitrogen and oxygen atoms in total. The monoisotopic (exact) mass is 524 g/mol. The molecule has 0 amide bonds. The largest absolute Gasteiger partial charge is 0.455 e. The fraction of sp³-hybridized carbons (Fsp3) is 0.370. The highest BCUT2D eigenvalue weighted by atomic mass is 28.4. The van der Waals surface area contributed by atoms with E-state index in [4.69, 9.17) is 13.9 Å². The number of hydrogen-bond donors (Lipinski definition) is 2. The number of aromatic amines is 1. The minimum atomic E-state index is -3.15. The van der Waals surface area contributed by atoms with Crippen molar-refractivity contribution in [1.82, 2.24) is 9.55 Å². The zero-order valence-electron chi connectivity index (χ0n) is 21.3. The zero-order chi connectivity index (χ0) is 26.8. The number of nitrogens with zero attached hydrogens (tertiary/aromatic N) is 1. The van der Waals surface area contributed by atoms with Crippen LogP contribution in [0.1, 0.15) is 33.9 Å². The van der Waals surface area contributed by atoms with Gasteiger partial charge >= 0.3 is 11.7 Å². The average Bonchev–Trinajstić information content (AvgIpc) is 3.18. The normalized spacial score (nSPS) is 22.1. The Hall–Kier alpha value is -3.31. The minimum Gasteiger partial charge on any atom is -0.455 e. The molecule has 1 aromatic heterocycles. The van der Waals surface area contributed by atoms with Crippen molar-refractivity contribution in [1.29, 1.82) is 0 Å². The van der Waals surface area contributed by atoms with Crippen molar-refractivity contribution in [3.8, 4) is 0 Å². The Kier molecular flexibility index (Phi) is 7.65. The molecule has 1 fully saturated rings. The highest BCUT2D eigenvalue weighted by Crippen LogP contribution is 2.42. The lowest BCUT2D eigenvalue weighted by Gasteiger charge is -2.45. The van der Waals surface area contributed by atoms with Crippen molar-refractivity contribution in [3.63, 3.8) is 0 Å². The zero-order valence-corrected chi connectivity index (χ0v) is 22.3. The molecule has 4 unspecified atom stereocenters. The standard InChI is InChI=1S/C27H32N2O7Si/c1-18(31)34-24-23(21(17-30)35-25(24)29-16-15-22(32)28-26(29)33)36-37(27(2,3)4,19-11-7-5-8-12-19)20-13-9-6-10-14-20/h5-16,21,23-25,30H,17H2,1-4H3,(H,28,32,33). The number of rotatable bonds is 7. The molecule has 2 heterocycles. The van der Waals surface area contributed by atoms with Crippen LogP contribution in [0.2, 0.25) is 5.04 Å². The predicted molar refractivity (Wildman–Crippen MR) is 140 cm³/mol. The molecule has 196 valence electrons. The van der Waals surface area contributed by atoms with Gasteiger partial charge in [0.2, 0.25) is 0 Å². The molecule has 4 rings (SSSR count). The number of aliphatic hydroxyl groups is 1. The lowest BCUT2D eigenvalue weighted by Crippen LogP contribution is -2.69. The van der Waals surface area contributed by atoms with Gasteiger partial charge < -0.3 is 19.0 Å². The van der Waals surface area contributed by atoms with Gasteiger partial charge in [0.1, 0.15) is 12.2 Å². The molecule has 0 saturated carbocycles. The molecule has 0 bridgehead atoms. The summed E-state index contributed by atoms with van der Waals surface area (Å²) in [5.41, 5.74) is -1.29. The van der Waals surface area contributed by atoms with Gasteiger partial charge in [0.05, 0.1) is 6.61 Å². The van der Waals surface area contributed by atoms with E-state index in [2.05, 4.69) is 25.8 Å². The quantitative estimate of drug-likeness (QED) is 0.353.